The molecular formula is C16H16N2O4S2. The number of nitro groups is 1. The van der Waals surface area contributed by atoms with Crippen molar-refractivity contribution in [3.63, 3.8) is 0 Å². The molecule has 1 aliphatic rings. The highest BCUT2D eigenvalue weighted by Crippen LogP contribution is 2.34. The van der Waals surface area contributed by atoms with Gasteiger partial charge < -0.3 is 4.90 Å². The molecular weight excluding hydrogens is 348 g/mol. The standard InChI is InChI=1S/C16H16N2O4S2/c1-24(21,22)13-4-5-14(15(11-13)18(19)20)17-8-6-12(7-9-17)16-3-2-10-23-16/h2-6,10-11H,7-9H2,1H3. The third-order valence-electron chi connectivity index (χ3n) is 3.96. The van der Waals surface area contributed by atoms with E-state index in [0.29, 0.717) is 18.8 Å². The van der Waals surface area contributed by atoms with Crippen molar-refractivity contribution in [1.29, 1.82) is 0 Å². The van der Waals surface area contributed by atoms with Crippen molar-refractivity contribution in [2.24, 2.45) is 0 Å². The molecule has 0 bridgehead atoms. The molecule has 0 aliphatic carbocycles. The van der Waals surface area contributed by atoms with Crippen LogP contribution in [0.2, 0.25) is 0 Å². The molecule has 0 atom stereocenters. The van der Waals surface area contributed by atoms with Gasteiger partial charge in [-0.1, -0.05) is 12.1 Å². The van der Waals surface area contributed by atoms with Crippen molar-refractivity contribution in [2.75, 3.05) is 24.2 Å². The zero-order valence-electron chi connectivity index (χ0n) is 13.0. The lowest BCUT2D eigenvalue weighted by atomic mass is 10.1. The van der Waals surface area contributed by atoms with Crippen molar-refractivity contribution in [3.05, 3.63) is 56.8 Å². The van der Waals surface area contributed by atoms with Gasteiger partial charge in [-0.25, -0.2) is 8.42 Å². The molecule has 0 spiro atoms. The van der Waals surface area contributed by atoms with Crippen LogP contribution in [0.1, 0.15) is 11.3 Å². The molecule has 2 heterocycles. The molecule has 0 saturated carbocycles. The maximum absolute atomic E-state index is 11.6. The summed E-state index contributed by atoms with van der Waals surface area (Å²) in [5.74, 6) is 0. The first-order valence-electron chi connectivity index (χ1n) is 7.32. The molecule has 0 fully saturated rings. The zero-order valence-corrected chi connectivity index (χ0v) is 14.6. The van der Waals surface area contributed by atoms with Gasteiger partial charge in [-0.3, -0.25) is 10.1 Å². The number of nitro benzene ring substituents is 1. The number of nitrogens with zero attached hydrogens (tertiary/aromatic N) is 2. The predicted molar refractivity (Wildman–Crippen MR) is 95.3 cm³/mol. The maximum atomic E-state index is 11.6. The van der Waals surface area contributed by atoms with Gasteiger partial charge in [0.1, 0.15) is 5.69 Å². The quantitative estimate of drug-likeness (QED) is 0.614. The van der Waals surface area contributed by atoms with Crippen LogP contribution in [0.4, 0.5) is 11.4 Å². The lowest BCUT2D eigenvalue weighted by molar-refractivity contribution is -0.384. The lowest BCUT2D eigenvalue weighted by Gasteiger charge is -2.28. The van der Waals surface area contributed by atoms with Gasteiger partial charge in [0.05, 0.1) is 9.82 Å². The fourth-order valence-corrected chi connectivity index (χ4v) is 4.16. The average molecular weight is 364 g/mol. The number of thiophene rings is 1. The van der Waals surface area contributed by atoms with Gasteiger partial charge in [-0.15, -0.1) is 11.3 Å². The van der Waals surface area contributed by atoms with Crippen molar-refractivity contribution < 1.29 is 13.3 Å². The summed E-state index contributed by atoms with van der Waals surface area (Å²) >= 11 is 1.68. The van der Waals surface area contributed by atoms with E-state index in [0.717, 1.165) is 18.7 Å². The van der Waals surface area contributed by atoms with E-state index in [1.807, 2.05) is 16.3 Å². The minimum absolute atomic E-state index is 0.0372. The second-order valence-electron chi connectivity index (χ2n) is 5.58. The highest BCUT2D eigenvalue weighted by Gasteiger charge is 2.24. The monoisotopic (exact) mass is 364 g/mol. The Balaban J connectivity index is 1.92. The molecule has 0 saturated heterocycles. The molecule has 0 radical (unpaired) electrons. The van der Waals surface area contributed by atoms with Crippen LogP contribution in [0, 0.1) is 10.1 Å². The van der Waals surface area contributed by atoms with Crippen LogP contribution in [-0.4, -0.2) is 32.7 Å². The largest absolute Gasteiger partial charge is 0.362 e. The maximum Gasteiger partial charge on any atom is 0.293 e. The van der Waals surface area contributed by atoms with E-state index in [1.54, 1.807) is 11.3 Å². The second-order valence-corrected chi connectivity index (χ2v) is 8.55. The van der Waals surface area contributed by atoms with Gasteiger partial charge in [-0.05, 0) is 35.6 Å². The molecule has 0 amide bonds. The smallest absolute Gasteiger partial charge is 0.293 e. The topological polar surface area (TPSA) is 80.5 Å². The summed E-state index contributed by atoms with van der Waals surface area (Å²) in [6.07, 6.45) is 3.91. The van der Waals surface area contributed by atoms with Crippen LogP contribution in [0.5, 0.6) is 0 Å². The molecule has 0 N–H and O–H groups in total. The number of anilines is 1. The summed E-state index contributed by atoms with van der Waals surface area (Å²) in [4.78, 5) is 13.9. The number of sulfone groups is 1. The van der Waals surface area contributed by atoms with E-state index in [1.165, 1.54) is 22.6 Å². The minimum atomic E-state index is -3.48. The Hall–Kier alpha value is -2.19. The Morgan fingerprint density at radius 2 is 2.08 bits per heavy atom. The van der Waals surface area contributed by atoms with Gasteiger partial charge in [0.2, 0.25) is 0 Å². The zero-order chi connectivity index (χ0) is 17.3. The average Bonchev–Trinajstić information content (AvgIpc) is 3.08. The number of hydrogen-bond acceptors (Lipinski definition) is 6. The molecule has 126 valence electrons. The fraction of sp³-hybridized carbons (Fsp3) is 0.250. The first-order valence-corrected chi connectivity index (χ1v) is 10.1. The number of benzene rings is 1. The van der Waals surface area contributed by atoms with Crippen molar-refractivity contribution in [1.82, 2.24) is 0 Å². The van der Waals surface area contributed by atoms with Crippen molar-refractivity contribution in [2.45, 2.75) is 11.3 Å². The first kappa shape index (κ1) is 16.7. The van der Waals surface area contributed by atoms with Gasteiger partial charge in [0, 0.05) is 30.3 Å². The summed E-state index contributed by atoms with van der Waals surface area (Å²) in [5, 5.41) is 13.4. The van der Waals surface area contributed by atoms with E-state index in [4.69, 9.17) is 0 Å². The van der Waals surface area contributed by atoms with E-state index < -0.39 is 14.8 Å². The van der Waals surface area contributed by atoms with E-state index in [-0.39, 0.29) is 10.6 Å². The Labute approximate surface area is 144 Å². The molecule has 2 aromatic rings. The normalized spacial score (nSPS) is 15.2. The Kier molecular flexibility index (Phi) is 4.42. The van der Waals surface area contributed by atoms with E-state index in [2.05, 4.69) is 12.1 Å². The van der Waals surface area contributed by atoms with Gasteiger partial charge in [-0.2, -0.15) is 0 Å². The van der Waals surface area contributed by atoms with Crippen LogP contribution >= 0.6 is 11.3 Å². The Morgan fingerprint density at radius 1 is 1.29 bits per heavy atom. The predicted octanol–water partition coefficient (Wildman–Crippen LogP) is 3.35. The molecule has 1 aromatic heterocycles. The summed E-state index contributed by atoms with van der Waals surface area (Å²) in [6, 6.07) is 8.16. The summed E-state index contributed by atoms with van der Waals surface area (Å²) < 4.78 is 23.3. The molecule has 24 heavy (non-hydrogen) atoms. The molecule has 1 aliphatic heterocycles. The number of rotatable bonds is 4. The highest BCUT2D eigenvalue weighted by molar-refractivity contribution is 7.90. The van der Waals surface area contributed by atoms with Crippen LogP contribution in [0.25, 0.3) is 5.57 Å². The van der Waals surface area contributed by atoms with Crippen LogP contribution in [0.3, 0.4) is 0 Å². The molecule has 1 aromatic carbocycles. The lowest BCUT2D eigenvalue weighted by Crippen LogP contribution is -2.28. The Morgan fingerprint density at radius 3 is 2.62 bits per heavy atom. The fourth-order valence-electron chi connectivity index (χ4n) is 2.72. The molecule has 0 unspecified atom stereocenters. The molecule has 8 heteroatoms. The van der Waals surface area contributed by atoms with Gasteiger partial charge >= 0.3 is 0 Å². The molecule has 3 rings (SSSR count). The highest BCUT2D eigenvalue weighted by atomic mass is 32.2. The number of hydrogen-bond donors (Lipinski definition) is 0. The summed E-state index contributed by atoms with van der Waals surface area (Å²) in [7, 11) is -3.48. The summed E-state index contributed by atoms with van der Waals surface area (Å²) in [5.41, 5.74) is 1.52. The SMILES string of the molecule is CS(=O)(=O)c1ccc(N2CC=C(c3cccs3)CC2)c([N+](=O)[O-])c1. The first-order chi connectivity index (χ1) is 11.4. The van der Waals surface area contributed by atoms with Crippen LogP contribution in [0.15, 0.2) is 46.7 Å². The Bertz CT molecular complexity index is 902. The second kappa shape index (κ2) is 6.37. The van der Waals surface area contributed by atoms with E-state index in [9.17, 15) is 18.5 Å². The molecule has 6 nitrogen and oxygen atoms in total. The van der Waals surface area contributed by atoms with Crippen LogP contribution in [-0.2, 0) is 9.84 Å². The minimum Gasteiger partial charge on any atom is -0.362 e. The third-order valence-corrected chi connectivity index (χ3v) is 6.01. The third kappa shape index (κ3) is 3.34. The van der Waals surface area contributed by atoms with Crippen LogP contribution < -0.4 is 4.90 Å². The van der Waals surface area contributed by atoms with Crippen molar-refractivity contribution in [3.8, 4) is 0 Å². The van der Waals surface area contributed by atoms with Gasteiger partial charge in [0.15, 0.2) is 9.84 Å². The van der Waals surface area contributed by atoms with E-state index >= 15 is 0 Å². The van der Waals surface area contributed by atoms with Crippen molar-refractivity contribution >= 4 is 38.1 Å². The summed E-state index contributed by atoms with van der Waals surface area (Å²) in [6.45, 7) is 1.22. The van der Waals surface area contributed by atoms with Gasteiger partial charge in [0.25, 0.3) is 5.69 Å².